The number of carbonyl (C=O) groups excluding carboxylic acids is 1. The van der Waals surface area contributed by atoms with Gasteiger partial charge in [0.25, 0.3) is 0 Å². The van der Waals surface area contributed by atoms with E-state index in [1.54, 1.807) is 19.1 Å². The van der Waals surface area contributed by atoms with E-state index in [1.165, 1.54) is 0 Å². The Kier molecular flexibility index (Phi) is 10.8. The number of carbonyl (C=O) groups is 1. The Balaban J connectivity index is 0.00000484. The monoisotopic (exact) mass is 326 g/mol. The summed E-state index contributed by atoms with van der Waals surface area (Å²) in [6, 6.07) is 3.61. The third-order valence-corrected chi connectivity index (χ3v) is 2.73. The minimum Gasteiger partial charge on any atom is -0.488 e. The molecule has 0 aliphatic carbocycles. The number of ketones is 1. The minimum atomic E-state index is 0. The summed E-state index contributed by atoms with van der Waals surface area (Å²) in [7, 11) is 0. The predicted octanol–water partition coefficient (Wildman–Crippen LogP) is 1.92. The van der Waals surface area contributed by atoms with E-state index in [4.69, 9.17) is 25.7 Å². The minimum absolute atomic E-state index is 0. The van der Waals surface area contributed by atoms with Crippen LogP contribution in [-0.2, 0) is 11.2 Å². The lowest BCUT2D eigenvalue weighted by molar-refractivity contribution is -0.116. The highest BCUT2D eigenvalue weighted by atomic mass is 16.5. The Morgan fingerprint density at radius 2 is 1.52 bits per heavy atom. The Morgan fingerprint density at radius 3 is 1.91 bits per heavy atom. The fraction of sp³-hybridized carbons (Fsp3) is 0.588. The quantitative estimate of drug-likeness (QED) is 0.645. The summed E-state index contributed by atoms with van der Waals surface area (Å²) in [5.41, 5.74) is 11.8. The van der Waals surface area contributed by atoms with Gasteiger partial charge in [-0.2, -0.15) is 0 Å². The van der Waals surface area contributed by atoms with Crippen LogP contribution in [0.1, 0.15) is 33.3 Å². The van der Waals surface area contributed by atoms with Gasteiger partial charge in [0.15, 0.2) is 11.5 Å². The van der Waals surface area contributed by atoms with Crippen molar-refractivity contribution in [2.45, 2.75) is 34.1 Å². The summed E-state index contributed by atoms with van der Waals surface area (Å²) in [6.45, 7) is 5.62. The molecule has 6 heteroatoms. The zero-order chi connectivity index (χ0) is 16.4. The average molecular weight is 326 g/mol. The first-order valence-electron chi connectivity index (χ1n) is 7.57. The van der Waals surface area contributed by atoms with Crippen LogP contribution in [0.4, 0.5) is 0 Å². The Hall–Kier alpha value is -1.79. The molecule has 1 aromatic rings. The van der Waals surface area contributed by atoms with E-state index >= 15 is 0 Å². The number of hydrogen-bond acceptors (Lipinski definition) is 6. The van der Waals surface area contributed by atoms with Gasteiger partial charge in [-0.3, -0.25) is 4.79 Å². The fourth-order valence-electron chi connectivity index (χ4n) is 1.92. The smallest absolute Gasteiger partial charge is 0.203 e. The van der Waals surface area contributed by atoms with Crippen LogP contribution < -0.4 is 25.7 Å². The van der Waals surface area contributed by atoms with E-state index in [9.17, 15) is 4.79 Å². The summed E-state index contributed by atoms with van der Waals surface area (Å²) < 4.78 is 17.1. The lowest BCUT2D eigenvalue weighted by Gasteiger charge is -2.18. The van der Waals surface area contributed by atoms with Gasteiger partial charge in [-0.1, -0.05) is 14.4 Å². The molecule has 0 fully saturated rings. The van der Waals surface area contributed by atoms with Crippen molar-refractivity contribution in [2.75, 3.05) is 32.9 Å². The molecule has 0 heterocycles. The van der Waals surface area contributed by atoms with E-state index in [2.05, 4.69) is 0 Å². The molecule has 0 amide bonds. The van der Waals surface area contributed by atoms with Gasteiger partial charge in [0, 0.05) is 19.5 Å². The molecular weight excluding hydrogens is 296 g/mol. The molecule has 6 nitrogen and oxygen atoms in total. The van der Waals surface area contributed by atoms with Crippen LogP contribution in [-0.4, -0.2) is 38.7 Å². The van der Waals surface area contributed by atoms with Gasteiger partial charge in [0.05, 0.1) is 6.61 Å². The molecule has 132 valence electrons. The van der Waals surface area contributed by atoms with Crippen molar-refractivity contribution in [3.63, 3.8) is 0 Å². The van der Waals surface area contributed by atoms with Gasteiger partial charge in [0.2, 0.25) is 5.75 Å². The first-order valence-corrected chi connectivity index (χ1v) is 7.57. The highest BCUT2D eigenvalue weighted by Gasteiger charge is 2.16. The van der Waals surface area contributed by atoms with Crippen molar-refractivity contribution in [3.8, 4) is 17.2 Å². The Morgan fingerprint density at radius 1 is 1.00 bits per heavy atom. The molecule has 0 radical (unpaired) electrons. The number of hydrogen-bond donors (Lipinski definition) is 2. The van der Waals surface area contributed by atoms with Crippen LogP contribution in [0.5, 0.6) is 17.2 Å². The first-order chi connectivity index (χ1) is 10.6. The molecule has 0 aliphatic rings. The SMILES string of the molecule is C.CCCOc1c(OCCN)cc(CC(C)=O)cc1OCCN. The number of ether oxygens (including phenoxy) is 3. The fourth-order valence-corrected chi connectivity index (χ4v) is 1.92. The topological polar surface area (TPSA) is 96.8 Å². The maximum Gasteiger partial charge on any atom is 0.203 e. The second-order valence-electron chi connectivity index (χ2n) is 4.92. The van der Waals surface area contributed by atoms with E-state index in [0.29, 0.717) is 56.6 Å². The zero-order valence-corrected chi connectivity index (χ0v) is 13.4. The van der Waals surface area contributed by atoms with Crippen molar-refractivity contribution in [1.29, 1.82) is 0 Å². The van der Waals surface area contributed by atoms with Gasteiger partial charge in [-0.15, -0.1) is 0 Å². The van der Waals surface area contributed by atoms with Crippen molar-refractivity contribution in [1.82, 2.24) is 0 Å². The third kappa shape index (κ3) is 7.34. The maximum atomic E-state index is 11.4. The lowest BCUT2D eigenvalue weighted by atomic mass is 10.1. The average Bonchev–Trinajstić information content (AvgIpc) is 2.48. The Labute approximate surface area is 139 Å². The molecule has 4 N–H and O–H groups in total. The summed E-state index contributed by atoms with van der Waals surface area (Å²) >= 11 is 0. The van der Waals surface area contributed by atoms with Crippen LogP contribution in [0.15, 0.2) is 12.1 Å². The van der Waals surface area contributed by atoms with E-state index in [1.807, 2.05) is 6.92 Å². The standard InChI is InChI=1S/C16H26N2O4.CH4/c1-3-6-22-16-14(20-7-4-17)10-13(9-12(2)19)11-15(16)21-8-5-18;/h10-11H,3-9,17-18H2,1-2H3;1H4. The molecule has 1 rings (SSSR count). The van der Waals surface area contributed by atoms with Crippen LogP contribution in [0, 0.1) is 0 Å². The Bertz CT molecular complexity index is 449. The molecule has 1 aromatic carbocycles. The normalized spacial score (nSPS) is 9.91. The van der Waals surface area contributed by atoms with Gasteiger partial charge in [-0.25, -0.2) is 0 Å². The summed E-state index contributed by atoms with van der Waals surface area (Å²) in [4.78, 5) is 11.4. The predicted molar refractivity (Wildman–Crippen MR) is 92.4 cm³/mol. The summed E-state index contributed by atoms with van der Waals surface area (Å²) in [5, 5.41) is 0. The van der Waals surface area contributed by atoms with E-state index < -0.39 is 0 Å². The highest BCUT2D eigenvalue weighted by molar-refractivity contribution is 5.78. The van der Waals surface area contributed by atoms with Crippen LogP contribution >= 0.6 is 0 Å². The molecule has 0 unspecified atom stereocenters. The second kappa shape index (κ2) is 11.7. The maximum absolute atomic E-state index is 11.4. The molecular formula is C17H30N2O4. The van der Waals surface area contributed by atoms with Crippen LogP contribution in [0.2, 0.25) is 0 Å². The summed E-state index contributed by atoms with van der Waals surface area (Å²) in [5.74, 6) is 1.70. The zero-order valence-electron chi connectivity index (χ0n) is 13.4. The molecule has 23 heavy (non-hydrogen) atoms. The van der Waals surface area contributed by atoms with Crippen LogP contribution in [0.25, 0.3) is 0 Å². The third-order valence-electron chi connectivity index (χ3n) is 2.73. The van der Waals surface area contributed by atoms with Crippen molar-refractivity contribution in [3.05, 3.63) is 17.7 Å². The molecule has 0 aromatic heterocycles. The molecule has 0 bridgehead atoms. The molecule has 0 saturated heterocycles. The van der Waals surface area contributed by atoms with E-state index in [0.717, 1.165) is 12.0 Å². The number of rotatable bonds is 11. The van der Waals surface area contributed by atoms with Crippen molar-refractivity contribution >= 4 is 5.78 Å². The van der Waals surface area contributed by atoms with Gasteiger partial charge in [0.1, 0.15) is 19.0 Å². The molecule has 0 atom stereocenters. The van der Waals surface area contributed by atoms with Gasteiger partial charge >= 0.3 is 0 Å². The van der Waals surface area contributed by atoms with Crippen molar-refractivity contribution < 1.29 is 19.0 Å². The largest absolute Gasteiger partial charge is 0.488 e. The first kappa shape index (κ1) is 21.2. The van der Waals surface area contributed by atoms with Gasteiger partial charge in [-0.05, 0) is 31.0 Å². The lowest BCUT2D eigenvalue weighted by Crippen LogP contribution is -2.14. The molecule has 0 saturated carbocycles. The number of nitrogens with two attached hydrogens (primary N) is 2. The summed E-state index contributed by atoms with van der Waals surface area (Å²) in [6.07, 6.45) is 1.17. The number of Topliss-reactive ketones (excluding diaryl/α,β-unsaturated/α-hetero) is 1. The molecule has 0 spiro atoms. The van der Waals surface area contributed by atoms with Crippen LogP contribution in [0.3, 0.4) is 0 Å². The highest BCUT2D eigenvalue weighted by Crippen LogP contribution is 2.39. The molecule has 0 aliphatic heterocycles. The second-order valence-corrected chi connectivity index (χ2v) is 4.92. The number of benzene rings is 1. The van der Waals surface area contributed by atoms with E-state index in [-0.39, 0.29) is 13.2 Å². The van der Waals surface area contributed by atoms with Crippen molar-refractivity contribution in [2.24, 2.45) is 11.5 Å². The van der Waals surface area contributed by atoms with Gasteiger partial charge < -0.3 is 25.7 Å².